The Hall–Kier alpha value is -0.580. The van der Waals surface area contributed by atoms with Gasteiger partial charge in [-0.15, -0.1) is 0 Å². The van der Waals surface area contributed by atoms with Crippen molar-refractivity contribution in [3.05, 3.63) is 28.2 Å². The minimum Gasteiger partial charge on any atom is -0.392 e. The summed E-state index contributed by atoms with van der Waals surface area (Å²) in [5.41, 5.74) is 2.07. The maximum Gasteiger partial charge on any atom is 0.0723 e. The summed E-state index contributed by atoms with van der Waals surface area (Å²) in [6, 6.07) is 6.33. The van der Waals surface area contributed by atoms with E-state index in [1.807, 2.05) is 12.1 Å². The maximum atomic E-state index is 9.42. The molecule has 2 atom stereocenters. The molecule has 1 aromatic carbocycles. The molecular weight excluding hydrogens is 282 g/mol. The van der Waals surface area contributed by atoms with Gasteiger partial charge in [0.25, 0.3) is 0 Å². The van der Waals surface area contributed by atoms with E-state index in [1.54, 1.807) is 0 Å². The van der Waals surface area contributed by atoms with Gasteiger partial charge in [0.15, 0.2) is 0 Å². The van der Waals surface area contributed by atoms with Crippen molar-refractivity contribution in [3.8, 4) is 0 Å². The van der Waals surface area contributed by atoms with Gasteiger partial charge < -0.3 is 14.7 Å². The van der Waals surface area contributed by atoms with Gasteiger partial charge in [0.2, 0.25) is 0 Å². The van der Waals surface area contributed by atoms with Crippen LogP contribution in [0.2, 0.25) is 0 Å². The molecule has 0 saturated carbocycles. The number of morpholine rings is 1. The van der Waals surface area contributed by atoms with Gasteiger partial charge in [-0.05, 0) is 26.0 Å². The second-order valence-electron chi connectivity index (χ2n) is 4.58. The summed E-state index contributed by atoms with van der Waals surface area (Å²) in [7, 11) is 0. The predicted molar refractivity (Wildman–Crippen MR) is 72.3 cm³/mol. The van der Waals surface area contributed by atoms with Crippen molar-refractivity contribution >= 4 is 21.6 Å². The quantitative estimate of drug-likeness (QED) is 0.911. The fourth-order valence-corrected chi connectivity index (χ4v) is 2.53. The van der Waals surface area contributed by atoms with Crippen LogP contribution in [0.25, 0.3) is 0 Å². The number of anilines is 1. The minimum absolute atomic E-state index is 0.0705. The van der Waals surface area contributed by atoms with Crippen molar-refractivity contribution in [1.29, 1.82) is 0 Å². The van der Waals surface area contributed by atoms with Gasteiger partial charge >= 0.3 is 0 Å². The molecule has 2 unspecified atom stereocenters. The first-order valence-corrected chi connectivity index (χ1v) is 6.68. The topological polar surface area (TPSA) is 32.7 Å². The zero-order chi connectivity index (χ0) is 12.4. The normalized spacial score (nSPS) is 25.1. The summed E-state index contributed by atoms with van der Waals surface area (Å²) in [6.07, 6.45) is 0.233. The highest BCUT2D eigenvalue weighted by atomic mass is 79.9. The molecule has 1 fully saturated rings. The van der Waals surface area contributed by atoms with Crippen LogP contribution in [0.1, 0.15) is 19.4 Å². The molecule has 1 aliphatic heterocycles. The molecule has 94 valence electrons. The predicted octanol–water partition coefficient (Wildman–Crippen LogP) is 2.56. The van der Waals surface area contributed by atoms with Crippen LogP contribution >= 0.6 is 15.9 Å². The number of halogens is 1. The Labute approximate surface area is 111 Å². The fraction of sp³-hybridized carbons (Fsp3) is 0.538. The van der Waals surface area contributed by atoms with E-state index in [0.717, 1.165) is 28.9 Å². The molecule has 1 N–H and O–H groups in total. The van der Waals surface area contributed by atoms with Crippen molar-refractivity contribution in [1.82, 2.24) is 0 Å². The molecule has 0 spiro atoms. The smallest absolute Gasteiger partial charge is 0.0723 e. The molecule has 0 aliphatic carbocycles. The lowest BCUT2D eigenvalue weighted by Gasteiger charge is -2.39. The first-order chi connectivity index (χ1) is 8.11. The van der Waals surface area contributed by atoms with Crippen LogP contribution in [-0.4, -0.2) is 30.4 Å². The molecule has 1 heterocycles. The SMILES string of the molecule is CC1CN(c2cc(Br)ccc2CO)C(C)CO1. The van der Waals surface area contributed by atoms with E-state index in [4.69, 9.17) is 4.74 Å². The lowest BCUT2D eigenvalue weighted by Crippen LogP contribution is -2.47. The van der Waals surface area contributed by atoms with Gasteiger partial charge in [-0.3, -0.25) is 0 Å². The van der Waals surface area contributed by atoms with E-state index in [9.17, 15) is 5.11 Å². The first-order valence-electron chi connectivity index (χ1n) is 5.89. The van der Waals surface area contributed by atoms with Crippen LogP contribution in [0, 0.1) is 0 Å². The molecule has 1 aliphatic rings. The largest absolute Gasteiger partial charge is 0.392 e. The summed E-state index contributed by atoms with van der Waals surface area (Å²) in [4.78, 5) is 2.31. The summed E-state index contributed by atoms with van der Waals surface area (Å²) in [6.45, 7) is 5.90. The second-order valence-corrected chi connectivity index (χ2v) is 5.49. The Morgan fingerprint density at radius 1 is 1.47 bits per heavy atom. The zero-order valence-electron chi connectivity index (χ0n) is 10.2. The van der Waals surface area contributed by atoms with E-state index in [1.165, 1.54) is 0 Å². The van der Waals surface area contributed by atoms with Gasteiger partial charge in [0, 0.05) is 28.3 Å². The Bertz CT molecular complexity index is 397. The Morgan fingerprint density at radius 2 is 2.24 bits per heavy atom. The van der Waals surface area contributed by atoms with E-state index in [2.05, 4.69) is 40.7 Å². The minimum atomic E-state index is 0.0705. The van der Waals surface area contributed by atoms with E-state index >= 15 is 0 Å². The van der Waals surface area contributed by atoms with E-state index < -0.39 is 0 Å². The van der Waals surface area contributed by atoms with Crippen LogP contribution < -0.4 is 4.90 Å². The Morgan fingerprint density at radius 3 is 2.94 bits per heavy atom. The lowest BCUT2D eigenvalue weighted by molar-refractivity contribution is 0.0342. The van der Waals surface area contributed by atoms with Crippen LogP contribution in [0.4, 0.5) is 5.69 Å². The monoisotopic (exact) mass is 299 g/mol. The Balaban J connectivity index is 2.33. The lowest BCUT2D eigenvalue weighted by atomic mass is 10.1. The number of ether oxygens (including phenoxy) is 1. The summed E-state index contributed by atoms with van der Waals surface area (Å²) in [5, 5.41) is 9.42. The number of aliphatic hydroxyl groups is 1. The molecule has 4 heteroatoms. The van der Waals surface area contributed by atoms with E-state index in [-0.39, 0.29) is 12.7 Å². The van der Waals surface area contributed by atoms with Crippen molar-refractivity contribution in [2.24, 2.45) is 0 Å². The average molecular weight is 300 g/mol. The standard InChI is InChI=1S/C13H18BrNO2/c1-9-8-17-10(2)6-15(9)13-5-12(14)4-3-11(13)7-16/h3-5,9-10,16H,6-8H2,1-2H3. The van der Waals surface area contributed by atoms with Crippen LogP contribution in [-0.2, 0) is 11.3 Å². The van der Waals surface area contributed by atoms with Gasteiger partial charge in [-0.25, -0.2) is 0 Å². The molecule has 2 rings (SSSR count). The molecule has 0 bridgehead atoms. The molecule has 3 nitrogen and oxygen atoms in total. The van der Waals surface area contributed by atoms with Gasteiger partial charge in [-0.2, -0.15) is 0 Å². The van der Waals surface area contributed by atoms with Gasteiger partial charge in [0.1, 0.15) is 0 Å². The number of hydrogen-bond donors (Lipinski definition) is 1. The van der Waals surface area contributed by atoms with Crippen molar-refractivity contribution < 1.29 is 9.84 Å². The van der Waals surface area contributed by atoms with Crippen molar-refractivity contribution in [3.63, 3.8) is 0 Å². The molecule has 0 amide bonds. The van der Waals surface area contributed by atoms with Crippen LogP contribution in [0.15, 0.2) is 22.7 Å². The van der Waals surface area contributed by atoms with Crippen molar-refractivity contribution in [2.45, 2.75) is 32.6 Å². The first kappa shape index (κ1) is 12.9. The van der Waals surface area contributed by atoms with Gasteiger partial charge in [-0.1, -0.05) is 22.0 Å². The highest BCUT2D eigenvalue weighted by Crippen LogP contribution is 2.29. The second kappa shape index (κ2) is 5.38. The molecule has 0 aromatic heterocycles. The molecule has 0 radical (unpaired) electrons. The third-order valence-electron chi connectivity index (χ3n) is 3.13. The zero-order valence-corrected chi connectivity index (χ0v) is 11.8. The number of benzene rings is 1. The molecule has 1 aromatic rings. The molecule has 17 heavy (non-hydrogen) atoms. The number of aliphatic hydroxyl groups excluding tert-OH is 1. The highest BCUT2D eigenvalue weighted by molar-refractivity contribution is 9.10. The maximum absolute atomic E-state index is 9.42. The van der Waals surface area contributed by atoms with Crippen molar-refractivity contribution in [2.75, 3.05) is 18.1 Å². The number of hydrogen-bond acceptors (Lipinski definition) is 3. The fourth-order valence-electron chi connectivity index (χ4n) is 2.18. The van der Waals surface area contributed by atoms with E-state index in [0.29, 0.717) is 6.04 Å². The highest BCUT2D eigenvalue weighted by Gasteiger charge is 2.25. The third-order valence-corrected chi connectivity index (χ3v) is 3.63. The summed E-state index contributed by atoms with van der Waals surface area (Å²) >= 11 is 3.49. The number of rotatable bonds is 2. The number of nitrogens with zero attached hydrogens (tertiary/aromatic N) is 1. The summed E-state index contributed by atoms with van der Waals surface area (Å²) in [5.74, 6) is 0. The van der Waals surface area contributed by atoms with Crippen LogP contribution in [0.3, 0.4) is 0 Å². The molecular formula is C13H18BrNO2. The average Bonchev–Trinajstić information content (AvgIpc) is 2.32. The van der Waals surface area contributed by atoms with Crippen LogP contribution in [0.5, 0.6) is 0 Å². The summed E-state index contributed by atoms with van der Waals surface area (Å²) < 4.78 is 6.67. The third kappa shape index (κ3) is 2.81. The van der Waals surface area contributed by atoms with Gasteiger partial charge in [0.05, 0.1) is 19.3 Å². The Kier molecular flexibility index (Phi) is 4.07. The molecule has 1 saturated heterocycles.